The Kier molecular flexibility index (Phi) is 7.94. The Morgan fingerprint density at radius 1 is 1.10 bits per heavy atom. The summed E-state index contributed by atoms with van der Waals surface area (Å²) in [5, 5.41) is 21.1. The minimum Gasteiger partial charge on any atom is -0.495 e. The quantitative estimate of drug-likeness (QED) is 0.233. The topological polar surface area (TPSA) is 99.7 Å². The number of benzene rings is 3. The fourth-order valence-corrected chi connectivity index (χ4v) is 7.00. The summed E-state index contributed by atoms with van der Waals surface area (Å²) in [4.78, 5) is 25.7. The Bertz CT molecular complexity index is 1520. The Morgan fingerprint density at radius 3 is 2.54 bits per heavy atom. The number of carboxylic acids is 1. The molecule has 5 rings (SSSR count). The second-order valence-electron chi connectivity index (χ2n) is 11.9. The first-order valence-electron chi connectivity index (χ1n) is 13.3. The minimum absolute atomic E-state index is 0.0546. The molecule has 4 atom stereocenters. The number of ether oxygens (including phenoxy) is 1. The Balaban J connectivity index is 1.66. The molecule has 2 aliphatic heterocycles. The molecule has 0 aromatic heterocycles. The van der Waals surface area contributed by atoms with Gasteiger partial charge in [-0.15, -0.1) is 0 Å². The fourth-order valence-electron chi connectivity index (χ4n) is 6.41. The molecule has 216 valence electrons. The predicted octanol–water partition coefficient (Wildman–Crippen LogP) is 7.22. The van der Waals surface area contributed by atoms with Crippen molar-refractivity contribution in [1.29, 1.82) is 0 Å². The molecule has 1 amide bonds. The highest BCUT2D eigenvalue weighted by atomic mass is 35.5. The van der Waals surface area contributed by atoms with Crippen LogP contribution in [0.1, 0.15) is 54.6 Å². The number of nitrogens with one attached hydrogen (secondary N) is 3. The monoisotopic (exact) mass is 615 g/mol. The third-order valence-electron chi connectivity index (χ3n) is 8.07. The molecular formula is C31H32Cl3N3O4. The van der Waals surface area contributed by atoms with E-state index in [0.717, 1.165) is 23.2 Å². The van der Waals surface area contributed by atoms with Gasteiger partial charge in [-0.1, -0.05) is 73.8 Å². The van der Waals surface area contributed by atoms with Crippen LogP contribution < -0.4 is 20.7 Å². The summed E-state index contributed by atoms with van der Waals surface area (Å²) in [5.74, 6) is -1.56. The molecule has 41 heavy (non-hydrogen) atoms. The number of fused-ring (bicyclic) bond motifs is 2. The maximum atomic E-state index is 14.2. The van der Waals surface area contributed by atoms with Gasteiger partial charge in [0.2, 0.25) is 5.91 Å². The summed E-state index contributed by atoms with van der Waals surface area (Å²) in [6.45, 7) is 7.09. The summed E-state index contributed by atoms with van der Waals surface area (Å²) >= 11 is 19.8. The molecular weight excluding hydrogens is 585 g/mol. The number of amides is 1. The molecule has 1 unspecified atom stereocenters. The zero-order valence-corrected chi connectivity index (χ0v) is 25.4. The van der Waals surface area contributed by atoms with E-state index in [1.807, 2.05) is 30.3 Å². The van der Waals surface area contributed by atoms with Crippen molar-refractivity contribution >= 4 is 58.1 Å². The van der Waals surface area contributed by atoms with Gasteiger partial charge in [0.05, 0.1) is 34.4 Å². The molecule has 2 aliphatic rings. The van der Waals surface area contributed by atoms with Crippen LogP contribution in [0.15, 0.2) is 54.6 Å². The van der Waals surface area contributed by atoms with Crippen LogP contribution in [0.2, 0.25) is 15.1 Å². The molecule has 3 aromatic carbocycles. The van der Waals surface area contributed by atoms with Crippen LogP contribution in [-0.4, -0.2) is 42.7 Å². The highest BCUT2D eigenvalue weighted by Gasteiger charge is 2.61. The minimum atomic E-state index is -1.09. The number of methoxy groups -OCH3 is 1. The SMILES string of the molecule is COc1cc(C(=O)O)ccc1NC(=O)[C@@H]1NC(CC(C)(C)C)[C@@]2(CNc3cc(Cl)ccc32)[C@H]1c1cccc(Cl)c1Cl. The van der Waals surface area contributed by atoms with E-state index in [0.29, 0.717) is 27.3 Å². The normalized spacial score (nSPS) is 23.2. The lowest BCUT2D eigenvalue weighted by molar-refractivity contribution is -0.118. The van der Waals surface area contributed by atoms with Gasteiger partial charge in [0.25, 0.3) is 0 Å². The largest absolute Gasteiger partial charge is 0.495 e. The smallest absolute Gasteiger partial charge is 0.335 e. The van der Waals surface area contributed by atoms with Gasteiger partial charge in [-0.3, -0.25) is 4.79 Å². The van der Waals surface area contributed by atoms with E-state index in [1.165, 1.54) is 25.3 Å². The molecule has 0 saturated carbocycles. The molecule has 2 heterocycles. The molecule has 1 spiro atoms. The van der Waals surface area contributed by atoms with Crippen LogP contribution >= 0.6 is 34.8 Å². The second kappa shape index (κ2) is 11.0. The van der Waals surface area contributed by atoms with Crippen molar-refractivity contribution < 1.29 is 19.4 Å². The lowest BCUT2D eigenvalue weighted by Gasteiger charge is -2.39. The van der Waals surface area contributed by atoms with Crippen molar-refractivity contribution in [1.82, 2.24) is 5.32 Å². The standard InChI is InChI=1S/C31H32Cl3N3O4/c1-30(2,3)14-24-31(15-35-22-13-17(32)9-10-19(22)31)25(18-6-5-7-20(33)26(18)34)27(37-24)28(38)36-21-11-8-16(29(39)40)12-23(21)41-4/h5-13,24-25,27,35,37H,14-15H2,1-4H3,(H,36,38)(H,39,40)/t24?,25-,27+,31-/m0/s1. The third-order valence-corrected chi connectivity index (χ3v) is 9.14. The molecule has 0 aliphatic carbocycles. The number of aromatic carboxylic acids is 1. The molecule has 10 heteroatoms. The molecule has 4 N–H and O–H groups in total. The van der Waals surface area contributed by atoms with E-state index >= 15 is 0 Å². The Morgan fingerprint density at radius 2 is 1.85 bits per heavy atom. The van der Waals surface area contributed by atoms with Gasteiger partial charge in [-0.25, -0.2) is 4.79 Å². The molecule has 1 fully saturated rings. The number of carbonyl (C=O) groups excluding carboxylic acids is 1. The first-order chi connectivity index (χ1) is 19.4. The predicted molar refractivity (Wildman–Crippen MR) is 164 cm³/mol. The first kappa shape index (κ1) is 29.5. The average molecular weight is 617 g/mol. The van der Waals surface area contributed by atoms with E-state index in [4.69, 9.17) is 39.5 Å². The summed E-state index contributed by atoms with van der Waals surface area (Å²) in [7, 11) is 1.43. The van der Waals surface area contributed by atoms with Gasteiger partial charge in [-0.05, 0) is 59.4 Å². The van der Waals surface area contributed by atoms with Crippen molar-refractivity contribution in [3.05, 3.63) is 86.4 Å². The van der Waals surface area contributed by atoms with Crippen LogP contribution in [0.4, 0.5) is 11.4 Å². The van der Waals surface area contributed by atoms with Gasteiger partial charge in [0.15, 0.2) is 0 Å². The van der Waals surface area contributed by atoms with Crippen LogP contribution in [0.25, 0.3) is 0 Å². The van der Waals surface area contributed by atoms with Crippen molar-refractivity contribution in [3.8, 4) is 5.75 Å². The van der Waals surface area contributed by atoms with E-state index in [-0.39, 0.29) is 28.7 Å². The maximum Gasteiger partial charge on any atom is 0.335 e. The van der Waals surface area contributed by atoms with Gasteiger partial charge in [0, 0.05) is 34.6 Å². The summed E-state index contributed by atoms with van der Waals surface area (Å²) in [6, 6.07) is 14.9. The van der Waals surface area contributed by atoms with Gasteiger partial charge < -0.3 is 25.8 Å². The lowest BCUT2D eigenvalue weighted by atomic mass is 9.63. The van der Waals surface area contributed by atoms with Crippen molar-refractivity contribution in [2.45, 2.75) is 50.6 Å². The molecule has 1 saturated heterocycles. The molecule has 0 bridgehead atoms. The zero-order chi connectivity index (χ0) is 29.7. The first-order valence-corrected chi connectivity index (χ1v) is 14.4. The third kappa shape index (κ3) is 5.37. The van der Waals surface area contributed by atoms with Gasteiger partial charge in [0.1, 0.15) is 5.75 Å². The number of carboxylic acid groups (broad SMARTS) is 1. The van der Waals surface area contributed by atoms with Gasteiger partial charge >= 0.3 is 5.97 Å². The number of hydrogen-bond acceptors (Lipinski definition) is 5. The number of carbonyl (C=O) groups is 2. The molecule has 0 radical (unpaired) electrons. The number of rotatable bonds is 6. The van der Waals surface area contributed by atoms with E-state index in [2.05, 4.69) is 36.7 Å². The van der Waals surface area contributed by atoms with E-state index in [9.17, 15) is 14.7 Å². The van der Waals surface area contributed by atoms with Crippen LogP contribution in [0.5, 0.6) is 5.75 Å². The Hall–Kier alpha value is -2.97. The molecule has 3 aromatic rings. The van der Waals surface area contributed by atoms with Crippen LogP contribution in [-0.2, 0) is 10.2 Å². The van der Waals surface area contributed by atoms with Gasteiger partial charge in [-0.2, -0.15) is 0 Å². The van der Waals surface area contributed by atoms with E-state index in [1.54, 1.807) is 6.07 Å². The summed E-state index contributed by atoms with van der Waals surface area (Å²) in [6.07, 6.45) is 0.770. The number of anilines is 2. The zero-order valence-electron chi connectivity index (χ0n) is 23.1. The number of hydrogen-bond donors (Lipinski definition) is 4. The van der Waals surface area contributed by atoms with Crippen molar-refractivity contribution in [2.24, 2.45) is 5.41 Å². The highest BCUT2D eigenvalue weighted by Crippen LogP contribution is 2.57. The summed E-state index contributed by atoms with van der Waals surface area (Å²) in [5.41, 5.74) is 2.53. The van der Waals surface area contributed by atoms with E-state index < -0.39 is 23.3 Å². The second-order valence-corrected chi connectivity index (χ2v) is 13.1. The molecule has 7 nitrogen and oxygen atoms in total. The maximum absolute atomic E-state index is 14.2. The lowest BCUT2D eigenvalue weighted by Crippen LogP contribution is -2.46. The van der Waals surface area contributed by atoms with Crippen LogP contribution in [0, 0.1) is 5.41 Å². The fraction of sp³-hybridized carbons (Fsp3) is 0.355. The highest BCUT2D eigenvalue weighted by molar-refractivity contribution is 6.42. The average Bonchev–Trinajstić information content (AvgIpc) is 3.43. The number of halogens is 3. The van der Waals surface area contributed by atoms with Crippen molar-refractivity contribution in [3.63, 3.8) is 0 Å². The van der Waals surface area contributed by atoms with Crippen molar-refractivity contribution in [2.75, 3.05) is 24.3 Å². The van der Waals surface area contributed by atoms with Crippen LogP contribution in [0.3, 0.4) is 0 Å². The Labute approximate surface area is 254 Å². The summed E-state index contributed by atoms with van der Waals surface area (Å²) < 4.78 is 5.42.